The van der Waals surface area contributed by atoms with E-state index in [1.165, 1.54) is 0 Å². The molecule has 2 aromatic rings. The van der Waals surface area contributed by atoms with Gasteiger partial charge in [0.1, 0.15) is 16.5 Å². The van der Waals surface area contributed by atoms with Gasteiger partial charge in [-0.25, -0.2) is 30.4 Å². The van der Waals surface area contributed by atoms with Crippen molar-refractivity contribution >= 4 is 31.3 Å². The quantitative estimate of drug-likeness (QED) is 0.499. The normalized spacial score (nSPS) is 11.4. The monoisotopic (exact) mass is 385 g/mol. The predicted octanol–water partition coefficient (Wildman–Crippen LogP) is 3.56. The lowest BCUT2D eigenvalue weighted by atomic mass is 10.2. The molecular formula is C13H5ClF5NO3S. The van der Waals surface area contributed by atoms with Gasteiger partial charge in [-0.05, 0) is 6.07 Å². The van der Waals surface area contributed by atoms with Gasteiger partial charge in [0.25, 0.3) is 15.0 Å². The third-order valence-electron chi connectivity index (χ3n) is 2.77. The van der Waals surface area contributed by atoms with Crippen molar-refractivity contribution in [2.24, 2.45) is 0 Å². The summed E-state index contributed by atoms with van der Waals surface area (Å²) in [4.78, 5) is 10.7. The van der Waals surface area contributed by atoms with Gasteiger partial charge in [-0.2, -0.15) is 0 Å². The highest BCUT2D eigenvalue weighted by Crippen LogP contribution is 2.24. The van der Waals surface area contributed by atoms with Gasteiger partial charge >= 0.3 is 0 Å². The first-order valence-electron chi connectivity index (χ1n) is 5.90. The van der Waals surface area contributed by atoms with Crippen molar-refractivity contribution < 1.29 is 35.2 Å². The summed E-state index contributed by atoms with van der Waals surface area (Å²) < 4.78 is 88.3. The molecule has 0 spiro atoms. The zero-order valence-corrected chi connectivity index (χ0v) is 12.8. The molecule has 0 atom stereocenters. The minimum atomic E-state index is -4.62. The summed E-state index contributed by atoms with van der Waals surface area (Å²) in [6.07, 6.45) is 0. The van der Waals surface area contributed by atoms with Crippen molar-refractivity contribution in [3.63, 3.8) is 0 Å². The Morgan fingerprint density at radius 1 is 0.875 bits per heavy atom. The molecule has 0 saturated carbocycles. The first-order valence-corrected chi connectivity index (χ1v) is 8.21. The molecule has 0 bridgehead atoms. The molecule has 0 aliphatic heterocycles. The summed E-state index contributed by atoms with van der Waals surface area (Å²) in [6.45, 7) is 0. The fourth-order valence-corrected chi connectivity index (χ4v) is 2.62. The first-order chi connectivity index (χ1) is 11.0. The third-order valence-corrected chi connectivity index (χ3v) is 4.11. The Morgan fingerprint density at radius 2 is 1.42 bits per heavy atom. The number of anilines is 1. The molecule has 0 fully saturated rings. The molecule has 1 amide bonds. The van der Waals surface area contributed by atoms with Crippen molar-refractivity contribution in [2.45, 2.75) is 4.90 Å². The summed E-state index contributed by atoms with van der Waals surface area (Å²) in [5.74, 6) is -9.35. The molecule has 0 radical (unpaired) electrons. The molecular weight excluding hydrogens is 381 g/mol. The van der Waals surface area contributed by atoms with Gasteiger partial charge in [-0.1, -0.05) is 0 Å². The fourth-order valence-electron chi connectivity index (χ4n) is 1.72. The third kappa shape index (κ3) is 3.65. The zero-order valence-electron chi connectivity index (χ0n) is 11.2. The Labute approximate surface area is 136 Å². The Hall–Kier alpha value is -2.20. The van der Waals surface area contributed by atoms with Crippen LogP contribution in [0.3, 0.4) is 0 Å². The summed E-state index contributed by atoms with van der Waals surface area (Å²) in [6, 6.07) is 1.25. The van der Waals surface area contributed by atoms with Crippen LogP contribution in [0.5, 0.6) is 0 Å². The van der Waals surface area contributed by atoms with Crippen molar-refractivity contribution in [2.75, 3.05) is 5.32 Å². The molecule has 2 aromatic carbocycles. The number of halogens is 6. The van der Waals surface area contributed by atoms with Crippen molar-refractivity contribution in [3.8, 4) is 0 Å². The molecule has 4 nitrogen and oxygen atoms in total. The molecule has 0 saturated heterocycles. The highest BCUT2D eigenvalue weighted by atomic mass is 35.7. The highest BCUT2D eigenvalue weighted by Gasteiger charge is 2.23. The van der Waals surface area contributed by atoms with Gasteiger partial charge in [0.15, 0.2) is 17.5 Å². The van der Waals surface area contributed by atoms with Crippen LogP contribution in [-0.4, -0.2) is 14.3 Å². The minimum absolute atomic E-state index is 0.107. The zero-order chi connectivity index (χ0) is 18.2. The summed E-state index contributed by atoms with van der Waals surface area (Å²) in [7, 11) is 0.332. The van der Waals surface area contributed by atoms with E-state index in [4.69, 9.17) is 10.7 Å². The maximum Gasteiger partial charge on any atom is 0.264 e. The molecule has 11 heteroatoms. The van der Waals surface area contributed by atoms with E-state index in [-0.39, 0.29) is 6.07 Å². The van der Waals surface area contributed by atoms with E-state index in [1.807, 2.05) is 5.32 Å². The Kier molecular flexibility index (Phi) is 4.81. The van der Waals surface area contributed by atoms with Gasteiger partial charge in [-0.15, -0.1) is 0 Å². The van der Waals surface area contributed by atoms with E-state index in [9.17, 15) is 35.2 Å². The van der Waals surface area contributed by atoms with E-state index in [2.05, 4.69) is 0 Å². The average Bonchev–Trinajstić information content (AvgIpc) is 2.43. The molecule has 0 aromatic heterocycles. The first kappa shape index (κ1) is 18.1. The van der Waals surface area contributed by atoms with Crippen LogP contribution >= 0.6 is 10.7 Å². The molecule has 24 heavy (non-hydrogen) atoms. The van der Waals surface area contributed by atoms with Gasteiger partial charge in [-0.3, -0.25) is 4.79 Å². The lowest BCUT2D eigenvalue weighted by Crippen LogP contribution is -2.16. The lowest BCUT2D eigenvalue weighted by molar-refractivity contribution is 0.102. The van der Waals surface area contributed by atoms with E-state index in [0.717, 1.165) is 0 Å². The lowest BCUT2D eigenvalue weighted by Gasteiger charge is -2.09. The minimum Gasteiger partial charge on any atom is -0.322 e. The second kappa shape index (κ2) is 6.36. The standard InChI is InChI=1S/C13H5ClF5NO3S/c14-24(22,23)11-3-6(7(15)4-8(11)16)13(21)20-5-1-9(17)12(19)10(18)2-5/h1-4H,(H,20,21). The summed E-state index contributed by atoms with van der Waals surface area (Å²) >= 11 is 0. The topological polar surface area (TPSA) is 63.2 Å². The van der Waals surface area contributed by atoms with Crippen LogP contribution in [-0.2, 0) is 9.05 Å². The van der Waals surface area contributed by atoms with Crippen molar-refractivity contribution in [1.29, 1.82) is 0 Å². The molecule has 0 unspecified atom stereocenters. The molecule has 0 aliphatic carbocycles. The Balaban J connectivity index is 2.44. The van der Waals surface area contributed by atoms with Crippen molar-refractivity contribution in [1.82, 2.24) is 0 Å². The number of amides is 1. The van der Waals surface area contributed by atoms with Crippen LogP contribution in [0.4, 0.5) is 27.6 Å². The van der Waals surface area contributed by atoms with E-state index < -0.39 is 60.2 Å². The van der Waals surface area contributed by atoms with Gasteiger partial charge in [0.2, 0.25) is 0 Å². The number of nitrogens with one attached hydrogen (secondary N) is 1. The van der Waals surface area contributed by atoms with E-state index in [1.54, 1.807) is 0 Å². The smallest absolute Gasteiger partial charge is 0.264 e. The fraction of sp³-hybridized carbons (Fsp3) is 0. The van der Waals surface area contributed by atoms with Gasteiger partial charge < -0.3 is 5.32 Å². The largest absolute Gasteiger partial charge is 0.322 e. The van der Waals surface area contributed by atoms with Crippen LogP contribution in [0, 0.1) is 29.1 Å². The summed E-state index contributed by atoms with van der Waals surface area (Å²) in [5, 5.41) is 1.82. The Bertz CT molecular complexity index is 926. The number of hydrogen-bond acceptors (Lipinski definition) is 3. The second-order valence-electron chi connectivity index (χ2n) is 4.41. The predicted molar refractivity (Wildman–Crippen MR) is 73.7 cm³/mol. The van der Waals surface area contributed by atoms with E-state index in [0.29, 0.717) is 18.2 Å². The number of rotatable bonds is 3. The average molecular weight is 386 g/mol. The number of benzene rings is 2. The Morgan fingerprint density at radius 3 is 1.92 bits per heavy atom. The number of hydrogen-bond donors (Lipinski definition) is 1. The number of carbonyl (C=O) groups is 1. The van der Waals surface area contributed by atoms with Crippen LogP contribution in [0.15, 0.2) is 29.2 Å². The van der Waals surface area contributed by atoms with Crippen LogP contribution in [0.2, 0.25) is 0 Å². The van der Waals surface area contributed by atoms with Crippen LogP contribution < -0.4 is 5.32 Å². The number of carbonyl (C=O) groups excluding carboxylic acids is 1. The highest BCUT2D eigenvalue weighted by molar-refractivity contribution is 8.13. The summed E-state index contributed by atoms with van der Waals surface area (Å²) in [5.41, 5.74) is -1.53. The van der Waals surface area contributed by atoms with Crippen LogP contribution in [0.1, 0.15) is 10.4 Å². The molecule has 0 aliphatic rings. The SMILES string of the molecule is O=C(Nc1cc(F)c(F)c(F)c1)c1cc(S(=O)(=O)Cl)c(F)cc1F. The van der Waals surface area contributed by atoms with E-state index >= 15 is 0 Å². The maximum atomic E-state index is 13.6. The molecule has 128 valence electrons. The second-order valence-corrected chi connectivity index (χ2v) is 6.94. The maximum absolute atomic E-state index is 13.6. The van der Waals surface area contributed by atoms with Crippen molar-refractivity contribution in [3.05, 3.63) is 58.9 Å². The van der Waals surface area contributed by atoms with Gasteiger partial charge in [0.05, 0.1) is 5.56 Å². The molecule has 2 rings (SSSR count). The van der Waals surface area contributed by atoms with Gasteiger partial charge in [0, 0.05) is 34.6 Å². The molecule has 1 N–H and O–H groups in total. The molecule has 0 heterocycles. The van der Waals surface area contributed by atoms with Crippen LogP contribution in [0.25, 0.3) is 0 Å².